The summed E-state index contributed by atoms with van der Waals surface area (Å²) in [7, 11) is 0. The largest absolute Gasteiger partial charge is 0.385 e. The van der Waals surface area contributed by atoms with Crippen molar-refractivity contribution in [1.29, 1.82) is 0 Å². The third-order valence-electron chi connectivity index (χ3n) is 4.61. The second kappa shape index (κ2) is 9.33. The van der Waals surface area contributed by atoms with Gasteiger partial charge in [0.15, 0.2) is 0 Å². The average molecular weight is 392 g/mol. The van der Waals surface area contributed by atoms with Crippen molar-refractivity contribution < 1.29 is 4.79 Å². The highest BCUT2D eigenvalue weighted by Gasteiger charge is 2.22. The van der Waals surface area contributed by atoms with E-state index in [1.165, 1.54) is 25.7 Å². The van der Waals surface area contributed by atoms with Gasteiger partial charge in [-0.05, 0) is 97.4 Å². The molecule has 1 amide bonds. The second-order valence-corrected chi connectivity index (χ2v) is 11.4. The van der Waals surface area contributed by atoms with Crippen LogP contribution in [0.4, 0.5) is 5.69 Å². The van der Waals surface area contributed by atoms with Gasteiger partial charge in [0, 0.05) is 34.1 Å². The van der Waals surface area contributed by atoms with Crippen LogP contribution in [0, 0.1) is 5.92 Å². The molecular weight excluding hydrogens is 354 g/mol. The van der Waals surface area contributed by atoms with Gasteiger partial charge in [0.05, 0.1) is 0 Å². The molecule has 0 radical (unpaired) electrons. The van der Waals surface area contributed by atoms with Crippen molar-refractivity contribution in [2.75, 3.05) is 11.9 Å². The molecule has 0 spiro atoms. The van der Waals surface area contributed by atoms with Crippen LogP contribution in [0.5, 0.6) is 0 Å². The molecule has 1 saturated carbocycles. The topological polar surface area (TPSA) is 53.2 Å². The Morgan fingerprint density at radius 3 is 2.11 bits per heavy atom. The number of hydrogen-bond donors (Lipinski definition) is 3. The van der Waals surface area contributed by atoms with E-state index in [1.54, 1.807) is 0 Å². The van der Waals surface area contributed by atoms with E-state index in [0.29, 0.717) is 11.6 Å². The van der Waals surface area contributed by atoms with Gasteiger partial charge >= 0.3 is 0 Å². The molecule has 1 aliphatic rings. The van der Waals surface area contributed by atoms with Crippen LogP contribution in [0.1, 0.15) is 77.6 Å². The maximum Gasteiger partial charge on any atom is 0.251 e. The first-order valence-corrected chi connectivity index (χ1v) is 10.9. The number of carbonyl (C=O) groups excluding carboxylic acids is 1. The molecule has 3 N–H and O–H groups in total. The molecule has 0 atom stereocenters. The fraction of sp³-hybridized carbons (Fsp3) is 0.682. The number of nitrogens with one attached hydrogen (secondary N) is 3. The van der Waals surface area contributed by atoms with Gasteiger partial charge in [-0.1, -0.05) is 11.9 Å². The lowest BCUT2D eigenvalue weighted by Crippen LogP contribution is -2.40. The number of carbonyl (C=O) groups is 1. The molecule has 0 heterocycles. The summed E-state index contributed by atoms with van der Waals surface area (Å²) in [5.41, 5.74) is 1.58. The molecule has 2 rings (SSSR count). The van der Waals surface area contributed by atoms with E-state index in [9.17, 15) is 4.79 Å². The van der Waals surface area contributed by atoms with E-state index in [2.05, 4.69) is 36.1 Å². The SMILES string of the molecule is CC(C)(C)NC(=O)c1ccc(NCC2CCC(NSC(C)(C)C)CC2)cc1. The first-order chi connectivity index (χ1) is 12.5. The zero-order valence-electron chi connectivity index (χ0n) is 17.8. The zero-order chi connectivity index (χ0) is 20.1. The van der Waals surface area contributed by atoms with Crippen molar-refractivity contribution >= 4 is 23.5 Å². The Balaban J connectivity index is 1.72. The van der Waals surface area contributed by atoms with Crippen molar-refractivity contribution in [2.45, 2.75) is 83.6 Å². The van der Waals surface area contributed by atoms with Crippen LogP contribution < -0.4 is 15.4 Å². The standard InChI is InChI=1S/C22H37N3OS/c1-21(2,3)24-20(26)17-9-13-18(14-10-17)23-15-16-7-11-19(12-8-16)25-27-22(4,5)6/h9-10,13-14,16,19,23,25H,7-8,11-12,15H2,1-6H3,(H,24,26). The van der Waals surface area contributed by atoms with Gasteiger partial charge in [-0.25, -0.2) is 0 Å². The summed E-state index contributed by atoms with van der Waals surface area (Å²) in [5, 5.41) is 6.54. The Hall–Kier alpha value is -1.20. The van der Waals surface area contributed by atoms with E-state index in [1.807, 2.05) is 57.0 Å². The molecule has 1 fully saturated rings. The third kappa shape index (κ3) is 8.56. The summed E-state index contributed by atoms with van der Waals surface area (Å²) in [5.74, 6) is 0.708. The summed E-state index contributed by atoms with van der Waals surface area (Å²) in [4.78, 5) is 12.2. The van der Waals surface area contributed by atoms with Crippen molar-refractivity contribution in [1.82, 2.24) is 10.0 Å². The Morgan fingerprint density at radius 2 is 1.59 bits per heavy atom. The van der Waals surface area contributed by atoms with E-state index < -0.39 is 0 Å². The number of amides is 1. The Labute approximate surface area is 169 Å². The van der Waals surface area contributed by atoms with Gasteiger partial charge in [-0.2, -0.15) is 0 Å². The van der Waals surface area contributed by atoms with Gasteiger partial charge in [-0.15, -0.1) is 0 Å². The van der Waals surface area contributed by atoms with Crippen LogP contribution in [0.25, 0.3) is 0 Å². The molecule has 0 bridgehead atoms. The fourth-order valence-corrected chi connectivity index (χ4v) is 3.91. The smallest absolute Gasteiger partial charge is 0.251 e. The first kappa shape index (κ1) is 22.1. The second-order valence-electron chi connectivity index (χ2n) is 9.71. The maximum atomic E-state index is 12.2. The highest BCUT2D eigenvalue weighted by molar-refractivity contribution is 7.98. The molecule has 4 nitrogen and oxygen atoms in total. The average Bonchev–Trinajstić information content (AvgIpc) is 2.57. The Kier molecular flexibility index (Phi) is 7.64. The molecule has 5 heteroatoms. The van der Waals surface area contributed by atoms with Gasteiger partial charge in [0.2, 0.25) is 0 Å². The Bertz CT molecular complexity index is 593. The van der Waals surface area contributed by atoms with E-state index >= 15 is 0 Å². The third-order valence-corrected chi connectivity index (χ3v) is 5.67. The first-order valence-electron chi connectivity index (χ1n) is 10.1. The van der Waals surface area contributed by atoms with Crippen LogP contribution in [0.3, 0.4) is 0 Å². The van der Waals surface area contributed by atoms with Crippen molar-refractivity contribution in [2.24, 2.45) is 5.92 Å². The molecular formula is C22H37N3OS. The van der Waals surface area contributed by atoms with Crippen molar-refractivity contribution in [3.05, 3.63) is 29.8 Å². The Morgan fingerprint density at radius 1 is 1.00 bits per heavy atom. The molecule has 152 valence electrons. The predicted molar refractivity (Wildman–Crippen MR) is 118 cm³/mol. The summed E-state index contributed by atoms with van der Waals surface area (Å²) in [6.45, 7) is 13.7. The quantitative estimate of drug-likeness (QED) is 0.582. The van der Waals surface area contributed by atoms with E-state index in [0.717, 1.165) is 18.2 Å². The van der Waals surface area contributed by atoms with E-state index in [4.69, 9.17) is 0 Å². The van der Waals surface area contributed by atoms with Crippen LogP contribution >= 0.6 is 11.9 Å². The molecule has 1 aromatic carbocycles. The number of benzene rings is 1. The minimum atomic E-state index is -0.215. The van der Waals surface area contributed by atoms with Gasteiger partial charge in [-0.3, -0.25) is 9.52 Å². The normalized spacial score (nSPS) is 21.0. The fourth-order valence-electron chi connectivity index (χ4n) is 3.16. The zero-order valence-corrected chi connectivity index (χ0v) is 18.6. The van der Waals surface area contributed by atoms with Crippen LogP contribution in [-0.2, 0) is 0 Å². The minimum absolute atomic E-state index is 0.0204. The summed E-state index contributed by atoms with van der Waals surface area (Å²) in [6.07, 6.45) is 5.03. The van der Waals surface area contributed by atoms with Gasteiger partial charge in [0.25, 0.3) is 5.91 Å². The predicted octanol–water partition coefficient (Wildman–Crippen LogP) is 5.22. The molecule has 0 aromatic heterocycles. The van der Waals surface area contributed by atoms with Gasteiger partial charge in [0.1, 0.15) is 0 Å². The molecule has 1 aliphatic carbocycles. The van der Waals surface area contributed by atoms with Gasteiger partial charge < -0.3 is 10.6 Å². The monoisotopic (exact) mass is 391 g/mol. The minimum Gasteiger partial charge on any atom is -0.385 e. The summed E-state index contributed by atoms with van der Waals surface area (Å²) < 4.78 is 3.92. The van der Waals surface area contributed by atoms with Crippen LogP contribution in [0.15, 0.2) is 24.3 Å². The maximum absolute atomic E-state index is 12.2. The van der Waals surface area contributed by atoms with Crippen LogP contribution in [0.2, 0.25) is 0 Å². The van der Waals surface area contributed by atoms with Crippen LogP contribution in [-0.4, -0.2) is 28.8 Å². The number of rotatable bonds is 6. The van der Waals surface area contributed by atoms with Crippen molar-refractivity contribution in [3.63, 3.8) is 0 Å². The van der Waals surface area contributed by atoms with E-state index in [-0.39, 0.29) is 16.2 Å². The molecule has 0 saturated heterocycles. The van der Waals surface area contributed by atoms with Crippen molar-refractivity contribution in [3.8, 4) is 0 Å². The summed E-state index contributed by atoms with van der Waals surface area (Å²) >= 11 is 1.86. The number of hydrogen-bond acceptors (Lipinski definition) is 4. The number of anilines is 1. The molecule has 0 unspecified atom stereocenters. The molecule has 1 aromatic rings. The highest BCUT2D eigenvalue weighted by Crippen LogP contribution is 2.28. The lowest BCUT2D eigenvalue weighted by atomic mass is 9.86. The molecule has 0 aliphatic heterocycles. The lowest BCUT2D eigenvalue weighted by molar-refractivity contribution is 0.0919. The highest BCUT2D eigenvalue weighted by atomic mass is 32.2. The summed E-state index contributed by atoms with van der Waals surface area (Å²) in [6, 6.07) is 8.45. The lowest BCUT2D eigenvalue weighted by Gasteiger charge is -2.31. The molecule has 27 heavy (non-hydrogen) atoms.